The van der Waals surface area contributed by atoms with E-state index in [4.69, 9.17) is 0 Å². The average Bonchev–Trinajstić information content (AvgIpc) is 2.65. The Morgan fingerprint density at radius 1 is 1.19 bits per heavy atom. The molecule has 1 fully saturated rings. The number of sulfonamides is 1. The fourth-order valence-electron chi connectivity index (χ4n) is 3.10. The van der Waals surface area contributed by atoms with E-state index in [1.807, 2.05) is 6.92 Å². The third-order valence-corrected chi connectivity index (χ3v) is 6.43. The molecule has 1 atom stereocenters. The fourth-order valence-corrected chi connectivity index (χ4v) is 4.65. The molecule has 3 rings (SSSR count). The van der Waals surface area contributed by atoms with Crippen molar-refractivity contribution < 1.29 is 18.3 Å². The van der Waals surface area contributed by atoms with E-state index < -0.39 is 15.9 Å². The van der Waals surface area contributed by atoms with Crippen LogP contribution in [0.5, 0.6) is 5.75 Å². The van der Waals surface area contributed by atoms with E-state index in [2.05, 4.69) is 5.32 Å². The molecule has 26 heavy (non-hydrogen) atoms. The highest BCUT2D eigenvalue weighted by Gasteiger charge is 2.33. The maximum Gasteiger partial charge on any atom is 0.243 e. The van der Waals surface area contributed by atoms with Gasteiger partial charge in [-0.25, -0.2) is 8.42 Å². The van der Waals surface area contributed by atoms with Crippen molar-refractivity contribution in [2.45, 2.75) is 24.7 Å². The lowest BCUT2D eigenvalue weighted by molar-refractivity contribution is -0.120. The van der Waals surface area contributed by atoms with Crippen LogP contribution in [0.15, 0.2) is 53.4 Å². The number of piperidine rings is 1. The van der Waals surface area contributed by atoms with Crippen molar-refractivity contribution in [3.8, 4) is 5.75 Å². The van der Waals surface area contributed by atoms with Crippen molar-refractivity contribution in [2.75, 3.05) is 18.4 Å². The lowest BCUT2D eigenvalue weighted by Crippen LogP contribution is -2.43. The summed E-state index contributed by atoms with van der Waals surface area (Å²) in [6, 6.07) is 13.2. The van der Waals surface area contributed by atoms with Gasteiger partial charge in [0.1, 0.15) is 5.75 Å². The van der Waals surface area contributed by atoms with Crippen LogP contribution in [0.25, 0.3) is 0 Å². The maximum atomic E-state index is 12.8. The Kier molecular flexibility index (Phi) is 5.29. The number of amides is 1. The Bertz CT molecular complexity index is 897. The molecule has 0 aliphatic carbocycles. The van der Waals surface area contributed by atoms with Gasteiger partial charge in [-0.2, -0.15) is 4.31 Å². The van der Waals surface area contributed by atoms with Gasteiger partial charge >= 0.3 is 0 Å². The summed E-state index contributed by atoms with van der Waals surface area (Å²) in [5, 5.41) is 12.6. The maximum absolute atomic E-state index is 12.8. The van der Waals surface area contributed by atoms with Crippen molar-refractivity contribution in [3.63, 3.8) is 0 Å². The second kappa shape index (κ2) is 7.47. The second-order valence-electron chi connectivity index (χ2n) is 6.53. The molecule has 0 radical (unpaired) electrons. The lowest BCUT2D eigenvalue weighted by atomic mass is 9.98. The number of nitrogens with zero attached hydrogens (tertiary/aromatic N) is 1. The summed E-state index contributed by atoms with van der Waals surface area (Å²) in [5.41, 5.74) is 1.26. The molecule has 0 spiro atoms. The van der Waals surface area contributed by atoms with Crippen molar-refractivity contribution in [1.82, 2.24) is 4.31 Å². The number of nitrogens with one attached hydrogen (secondary N) is 1. The van der Waals surface area contributed by atoms with E-state index in [1.165, 1.54) is 10.4 Å². The summed E-state index contributed by atoms with van der Waals surface area (Å²) in [4.78, 5) is 12.8. The van der Waals surface area contributed by atoms with Crippen LogP contribution in [0.4, 0.5) is 5.69 Å². The quantitative estimate of drug-likeness (QED) is 0.806. The zero-order valence-electron chi connectivity index (χ0n) is 14.6. The van der Waals surface area contributed by atoms with E-state index in [-0.39, 0.29) is 23.1 Å². The predicted octanol–water partition coefficient (Wildman–Crippen LogP) is 2.74. The molecule has 1 heterocycles. The largest absolute Gasteiger partial charge is 0.506 e. The zero-order chi connectivity index (χ0) is 18.7. The van der Waals surface area contributed by atoms with Gasteiger partial charge in [0.15, 0.2) is 0 Å². The number of phenols is 1. The van der Waals surface area contributed by atoms with Crippen molar-refractivity contribution in [2.24, 2.45) is 5.92 Å². The molecule has 6 nitrogen and oxygen atoms in total. The molecule has 0 bridgehead atoms. The Labute approximate surface area is 153 Å². The van der Waals surface area contributed by atoms with Crippen LogP contribution in [0.3, 0.4) is 0 Å². The highest BCUT2D eigenvalue weighted by molar-refractivity contribution is 7.89. The third-order valence-electron chi connectivity index (χ3n) is 4.55. The summed E-state index contributed by atoms with van der Waals surface area (Å²) < 4.78 is 26.9. The normalized spacial score (nSPS) is 18.4. The van der Waals surface area contributed by atoms with E-state index in [9.17, 15) is 18.3 Å². The summed E-state index contributed by atoms with van der Waals surface area (Å²) >= 11 is 0. The monoisotopic (exact) mass is 374 g/mol. The summed E-state index contributed by atoms with van der Waals surface area (Å²) in [7, 11) is -3.61. The number of phenolic OH excluding ortho intramolecular Hbond substituents is 1. The Hall–Kier alpha value is -2.38. The fraction of sp³-hybridized carbons (Fsp3) is 0.316. The topological polar surface area (TPSA) is 86.7 Å². The highest BCUT2D eigenvalue weighted by atomic mass is 32.2. The molecule has 1 aliphatic rings. The van der Waals surface area contributed by atoms with Gasteiger partial charge in [0.25, 0.3) is 0 Å². The predicted molar refractivity (Wildman–Crippen MR) is 99.4 cm³/mol. The summed E-state index contributed by atoms with van der Waals surface area (Å²) in [6.07, 6.45) is 1.23. The number of carbonyl (C=O) groups excluding carboxylic acids is 1. The number of rotatable bonds is 4. The molecular weight excluding hydrogens is 352 g/mol. The second-order valence-corrected chi connectivity index (χ2v) is 8.46. The van der Waals surface area contributed by atoms with Crippen LogP contribution in [0.1, 0.15) is 18.4 Å². The number of benzene rings is 2. The van der Waals surface area contributed by atoms with Crippen LogP contribution < -0.4 is 5.32 Å². The molecular formula is C19H22N2O4S. The van der Waals surface area contributed by atoms with Gasteiger partial charge in [0.05, 0.1) is 16.5 Å². The number of hydrogen-bond donors (Lipinski definition) is 2. The molecule has 1 amide bonds. The molecule has 1 aliphatic heterocycles. The van der Waals surface area contributed by atoms with Crippen LogP contribution in [-0.4, -0.2) is 36.8 Å². The molecule has 7 heteroatoms. The van der Waals surface area contributed by atoms with E-state index in [0.29, 0.717) is 25.1 Å². The van der Waals surface area contributed by atoms with Crippen LogP contribution in [0, 0.1) is 12.8 Å². The molecule has 2 N–H and O–H groups in total. The SMILES string of the molecule is Cc1ccc(O)c(NC(=O)C2CCCN(S(=O)(=O)c3ccccc3)C2)c1. The first-order valence-electron chi connectivity index (χ1n) is 8.53. The van der Waals surface area contributed by atoms with Gasteiger partial charge in [-0.1, -0.05) is 24.3 Å². The third kappa shape index (κ3) is 3.89. The first kappa shape index (κ1) is 18.4. The molecule has 2 aromatic carbocycles. The van der Waals surface area contributed by atoms with Crippen LogP contribution in [0.2, 0.25) is 0 Å². The van der Waals surface area contributed by atoms with Gasteiger partial charge in [-0.15, -0.1) is 0 Å². The average molecular weight is 374 g/mol. The minimum Gasteiger partial charge on any atom is -0.506 e. The van der Waals surface area contributed by atoms with Crippen molar-refractivity contribution in [3.05, 3.63) is 54.1 Å². The number of anilines is 1. The first-order chi connectivity index (χ1) is 12.4. The molecule has 1 saturated heterocycles. The number of carbonyl (C=O) groups is 1. The number of aromatic hydroxyl groups is 1. The minimum atomic E-state index is -3.61. The standard InChI is InChI=1S/C19H22N2O4S/c1-14-9-10-18(22)17(12-14)20-19(23)15-6-5-11-21(13-15)26(24,25)16-7-3-2-4-8-16/h2-4,7-10,12,15,22H,5-6,11,13H2,1H3,(H,20,23). The smallest absolute Gasteiger partial charge is 0.243 e. The molecule has 2 aromatic rings. The van der Waals surface area contributed by atoms with Gasteiger partial charge in [0.2, 0.25) is 15.9 Å². The zero-order valence-corrected chi connectivity index (χ0v) is 15.4. The Balaban J connectivity index is 1.74. The van der Waals surface area contributed by atoms with Crippen molar-refractivity contribution in [1.29, 1.82) is 0 Å². The lowest BCUT2D eigenvalue weighted by Gasteiger charge is -2.31. The summed E-state index contributed by atoms with van der Waals surface area (Å²) in [6.45, 7) is 2.40. The molecule has 0 aromatic heterocycles. The molecule has 0 saturated carbocycles. The number of hydrogen-bond acceptors (Lipinski definition) is 4. The number of aryl methyl sites for hydroxylation is 1. The highest BCUT2D eigenvalue weighted by Crippen LogP contribution is 2.27. The summed E-state index contributed by atoms with van der Waals surface area (Å²) in [5.74, 6) is -0.741. The van der Waals surface area contributed by atoms with E-state index in [0.717, 1.165) is 5.56 Å². The van der Waals surface area contributed by atoms with Gasteiger partial charge in [-0.3, -0.25) is 4.79 Å². The van der Waals surface area contributed by atoms with Gasteiger partial charge in [-0.05, 0) is 49.6 Å². The molecule has 1 unspecified atom stereocenters. The van der Waals surface area contributed by atoms with Crippen LogP contribution in [-0.2, 0) is 14.8 Å². The van der Waals surface area contributed by atoms with E-state index >= 15 is 0 Å². The Morgan fingerprint density at radius 2 is 1.92 bits per heavy atom. The van der Waals surface area contributed by atoms with Gasteiger partial charge < -0.3 is 10.4 Å². The van der Waals surface area contributed by atoms with Gasteiger partial charge in [0, 0.05) is 13.1 Å². The Morgan fingerprint density at radius 3 is 2.65 bits per heavy atom. The minimum absolute atomic E-state index is 0.00600. The van der Waals surface area contributed by atoms with E-state index in [1.54, 1.807) is 42.5 Å². The van der Waals surface area contributed by atoms with Crippen molar-refractivity contribution >= 4 is 21.6 Å². The first-order valence-corrected chi connectivity index (χ1v) is 9.97. The molecule has 138 valence electrons. The van der Waals surface area contributed by atoms with Crippen LogP contribution >= 0.6 is 0 Å².